The second-order valence-electron chi connectivity index (χ2n) is 4.24. The first kappa shape index (κ1) is 11.4. The predicted octanol–water partition coefficient (Wildman–Crippen LogP) is 0.262. The van der Waals surface area contributed by atoms with Crippen molar-refractivity contribution >= 4 is 28.9 Å². The summed E-state index contributed by atoms with van der Waals surface area (Å²) in [6.07, 6.45) is 3.13. The van der Waals surface area contributed by atoms with Crippen molar-refractivity contribution in [3.63, 3.8) is 0 Å². The third-order valence-corrected chi connectivity index (χ3v) is 4.24. The first-order valence-corrected chi connectivity index (χ1v) is 6.26. The van der Waals surface area contributed by atoms with Crippen molar-refractivity contribution in [2.75, 3.05) is 13.1 Å². The van der Waals surface area contributed by atoms with Gasteiger partial charge in [0.25, 0.3) is 0 Å². The predicted molar refractivity (Wildman–Crippen MR) is 65.4 cm³/mol. The molecule has 2 aromatic rings. The molecule has 0 saturated carbocycles. The van der Waals surface area contributed by atoms with Crippen molar-refractivity contribution in [1.82, 2.24) is 25.3 Å². The molecule has 0 amide bonds. The Morgan fingerprint density at radius 1 is 1.44 bits per heavy atom. The Bertz CT molecular complexity index is 595. The topological polar surface area (TPSA) is 104 Å². The molecule has 3 heterocycles. The Balaban J connectivity index is 1.91. The zero-order valence-electron chi connectivity index (χ0n) is 9.38. The highest BCUT2D eigenvalue weighted by Crippen LogP contribution is 2.39. The van der Waals surface area contributed by atoms with Crippen molar-refractivity contribution in [3.05, 3.63) is 12.7 Å². The first-order valence-electron chi connectivity index (χ1n) is 5.44. The van der Waals surface area contributed by atoms with Gasteiger partial charge in [0, 0.05) is 13.1 Å². The number of imidazole rings is 1. The van der Waals surface area contributed by atoms with Gasteiger partial charge in [0.15, 0.2) is 5.65 Å². The fourth-order valence-electron chi connectivity index (χ4n) is 1.94. The number of H-pyrrole nitrogens is 1. The number of carbonyl (C=O) groups is 1. The highest BCUT2D eigenvalue weighted by molar-refractivity contribution is 8.01. The Morgan fingerprint density at radius 3 is 2.94 bits per heavy atom. The monoisotopic (exact) mass is 265 g/mol. The van der Waals surface area contributed by atoms with Crippen LogP contribution in [0.4, 0.5) is 0 Å². The molecule has 0 radical (unpaired) electrons. The summed E-state index contributed by atoms with van der Waals surface area (Å²) in [5.74, 6) is -0.793. The number of nitrogens with zero attached hydrogens (tertiary/aromatic N) is 3. The van der Waals surface area contributed by atoms with Gasteiger partial charge in [0.2, 0.25) is 0 Å². The van der Waals surface area contributed by atoms with Gasteiger partial charge < -0.3 is 15.4 Å². The van der Waals surface area contributed by atoms with E-state index >= 15 is 0 Å². The van der Waals surface area contributed by atoms with Gasteiger partial charge in [0.1, 0.15) is 16.9 Å². The van der Waals surface area contributed by atoms with Gasteiger partial charge in [-0.3, -0.25) is 4.79 Å². The zero-order valence-corrected chi connectivity index (χ0v) is 10.2. The minimum Gasteiger partial charge on any atom is -0.481 e. The van der Waals surface area contributed by atoms with E-state index in [4.69, 9.17) is 5.11 Å². The molecule has 7 nitrogen and oxygen atoms in total. The van der Waals surface area contributed by atoms with Gasteiger partial charge in [-0.25, -0.2) is 15.0 Å². The summed E-state index contributed by atoms with van der Waals surface area (Å²) in [4.78, 5) is 26.2. The van der Waals surface area contributed by atoms with Crippen LogP contribution in [-0.4, -0.2) is 48.8 Å². The van der Waals surface area contributed by atoms with E-state index in [0.717, 1.165) is 10.5 Å². The van der Waals surface area contributed by atoms with Crippen LogP contribution in [-0.2, 0) is 4.79 Å². The van der Waals surface area contributed by atoms with Crippen molar-refractivity contribution in [2.45, 2.75) is 16.2 Å². The van der Waals surface area contributed by atoms with E-state index in [0.29, 0.717) is 18.7 Å². The summed E-state index contributed by atoms with van der Waals surface area (Å²) in [6, 6.07) is 0. The van der Waals surface area contributed by atoms with E-state index in [-0.39, 0.29) is 11.2 Å². The molecule has 0 atom stereocenters. The third kappa shape index (κ3) is 1.93. The Labute approximate surface area is 106 Å². The van der Waals surface area contributed by atoms with Crippen LogP contribution in [0.5, 0.6) is 0 Å². The summed E-state index contributed by atoms with van der Waals surface area (Å²) in [5.41, 5.74) is 1.37. The fourth-order valence-corrected chi connectivity index (χ4v) is 3.24. The molecule has 1 saturated heterocycles. The Morgan fingerprint density at radius 2 is 2.28 bits per heavy atom. The molecule has 2 aromatic heterocycles. The van der Waals surface area contributed by atoms with Crippen LogP contribution in [0.25, 0.3) is 11.2 Å². The van der Waals surface area contributed by atoms with Gasteiger partial charge in [-0.2, -0.15) is 0 Å². The van der Waals surface area contributed by atoms with Gasteiger partial charge in [0.05, 0.1) is 17.5 Å². The molecule has 3 rings (SSSR count). The van der Waals surface area contributed by atoms with Crippen LogP contribution in [0.3, 0.4) is 0 Å². The lowest BCUT2D eigenvalue weighted by molar-refractivity contribution is -0.138. The lowest BCUT2D eigenvalue weighted by Gasteiger charge is -2.40. The van der Waals surface area contributed by atoms with Crippen molar-refractivity contribution < 1.29 is 9.90 Å². The third-order valence-electron chi connectivity index (χ3n) is 2.87. The first-order chi connectivity index (χ1) is 8.69. The minimum atomic E-state index is -0.793. The average Bonchev–Trinajstić information content (AvgIpc) is 2.74. The molecule has 1 fully saturated rings. The normalized spacial score (nSPS) is 17.6. The van der Waals surface area contributed by atoms with Crippen LogP contribution < -0.4 is 5.32 Å². The number of aromatic amines is 1. The molecule has 94 valence electrons. The largest absolute Gasteiger partial charge is 0.481 e. The number of carboxylic acid groups (broad SMARTS) is 1. The second kappa shape index (κ2) is 4.21. The summed E-state index contributed by atoms with van der Waals surface area (Å²) in [6.45, 7) is 1.34. The number of rotatable bonds is 4. The molecule has 1 aliphatic heterocycles. The number of aliphatic carboxylic acids is 1. The van der Waals surface area contributed by atoms with Gasteiger partial charge in [-0.1, -0.05) is 11.8 Å². The minimum absolute atomic E-state index is 0.115. The van der Waals surface area contributed by atoms with Crippen LogP contribution >= 0.6 is 11.8 Å². The smallest absolute Gasteiger partial charge is 0.304 e. The second-order valence-corrected chi connectivity index (χ2v) is 5.70. The summed E-state index contributed by atoms with van der Waals surface area (Å²) in [7, 11) is 0. The number of hydrogen-bond acceptors (Lipinski definition) is 6. The quantitative estimate of drug-likeness (QED) is 0.681. The number of hydrogen-bond donors (Lipinski definition) is 3. The van der Waals surface area contributed by atoms with Gasteiger partial charge in [-0.15, -0.1) is 0 Å². The van der Waals surface area contributed by atoms with Crippen LogP contribution in [0.1, 0.15) is 6.42 Å². The van der Waals surface area contributed by atoms with E-state index in [1.165, 1.54) is 18.1 Å². The van der Waals surface area contributed by atoms with E-state index in [1.807, 2.05) is 0 Å². The molecule has 0 aliphatic carbocycles. The van der Waals surface area contributed by atoms with E-state index in [2.05, 4.69) is 25.3 Å². The molecule has 0 unspecified atom stereocenters. The molecular weight excluding hydrogens is 254 g/mol. The SMILES string of the molecule is O=C(O)CC1(Sc2ncnc3nc[nH]c23)CNC1. The average molecular weight is 265 g/mol. The number of aromatic nitrogens is 4. The maximum absolute atomic E-state index is 10.9. The van der Waals surface area contributed by atoms with Crippen LogP contribution in [0, 0.1) is 0 Å². The molecule has 0 aromatic carbocycles. The molecule has 0 spiro atoms. The lowest BCUT2D eigenvalue weighted by atomic mass is 9.98. The standard InChI is InChI=1S/C10H11N5O2S/c16-6(17)1-10(2-11-3-10)18-9-7-8(13-4-12-7)14-5-15-9/h4-5,11H,1-3H2,(H,16,17)(H,12,13,14,15). The van der Waals surface area contributed by atoms with E-state index in [9.17, 15) is 4.79 Å². The maximum atomic E-state index is 10.9. The van der Waals surface area contributed by atoms with Crippen LogP contribution in [0.15, 0.2) is 17.7 Å². The van der Waals surface area contributed by atoms with E-state index < -0.39 is 5.97 Å². The molecule has 8 heteroatoms. The summed E-state index contributed by atoms with van der Waals surface area (Å²) in [5, 5.41) is 12.8. The maximum Gasteiger partial charge on any atom is 0.304 e. The molecular formula is C10H11N5O2S. The van der Waals surface area contributed by atoms with Crippen molar-refractivity contribution in [2.24, 2.45) is 0 Å². The zero-order chi connectivity index (χ0) is 12.6. The number of thioether (sulfide) groups is 1. The number of fused-ring (bicyclic) bond motifs is 1. The number of carboxylic acids is 1. The summed E-state index contributed by atoms with van der Waals surface area (Å²) >= 11 is 1.47. The van der Waals surface area contributed by atoms with Crippen LogP contribution in [0.2, 0.25) is 0 Å². The van der Waals surface area contributed by atoms with Gasteiger partial charge in [-0.05, 0) is 0 Å². The van der Waals surface area contributed by atoms with Gasteiger partial charge >= 0.3 is 5.97 Å². The fraction of sp³-hybridized carbons (Fsp3) is 0.400. The Hall–Kier alpha value is -1.67. The molecule has 0 bridgehead atoms. The van der Waals surface area contributed by atoms with Crippen molar-refractivity contribution in [1.29, 1.82) is 0 Å². The Kier molecular flexibility index (Phi) is 2.67. The van der Waals surface area contributed by atoms with Crippen molar-refractivity contribution in [3.8, 4) is 0 Å². The highest BCUT2D eigenvalue weighted by atomic mass is 32.2. The molecule has 18 heavy (non-hydrogen) atoms. The van der Waals surface area contributed by atoms with E-state index in [1.54, 1.807) is 6.33 Å². The summed E-state index contributed by atoms with van der Waals surface area (Å²) < 4.78 is -0.321. The lowest BCUT2D eigenvalue weighted by Crippen LogP contribution is -2.58. The highest BCUT2D eigenvalue weighted by Gasteiger charge is 2.41. The number of nitrogens with one attached hydrogen (secondary N) is 2. The molecule has 3 N–H and O–H groups in total. The molecule has 1 aliphatic rings.